The van der Waals surface area contributed by atoms with Crippen molar-refractivity contribution in [2.24, 2.45) is 5.92 Å². The number of piperazine rings is 1. The van der Waals surface area contributed by atoms with E-state index in [4.69, 9.17) is 21.7 Å². The second-order valence-electron chi connectivity index (χ2n) is 11.5. The van der Waals surface area contributed by atoms with E-state index < -0.39 is 0 Å². The van der Waals surface area contributed by atoms with Crippen LogP contribution in [0.15, 0.2) is 70.9 Å². The van der Waals surface area contributed by atoms with E-state index in [9.17, 15) is 4.79 Å². The van der Waals surface area contributed by atoms with Crippen molar-refractivity contribution in [2.75, 3.05) is 39.3 Å². The second kappa shape index (κ2) is 12.6. The molecule has 2 aromatic carbocycles. The largest absolute Gasteiger partial charge is 0.426 e. The third-order valence-electron chi connectivity index (χ3n) is 8.93. The molecule has 2 atom stereocenters. The molecule has 1 aliphatic carbocycles. The zero-order valence-electron chi connectivity index (χ0n) is 23.2. The lowest BCUT2D eigenvalue weighted by Crippen LogP contribution is -2.53. The van der Waals surface area contributed by atoms with Crippen molar-refractivity contribution in [3.05, 3.63) is 87.0 Å². The zero-order chi connectivity index (χ0) is 28.3. The quantitative estimate of drug-likeness (QED) is 0.331. The number of halogens is 2. The summed E-state index contributed by atoms with van der Waals surface area (Å²) in [7, 11) is 0. The van der Waals surface area contributed by atoms with Gasteiger partial charge in [-0.15, -0.1) is 0 Å². The lowest BCUT2D eigenvalue weighted by Gasteiger charge is -2.44. The molecular formula is C32H37BrClN5O2. The number of aryl methyl sites for hydroxylation is 1. The number of para-hydroxylation sites is 1. The molecule has 4 aliphatic rings. The average Bonchev–Trinajstić information content (AvgIpc) is 3.14. The minimum atomic E-state index is 0.188. The highest BCUT2D eigenvalue weighted by atomic mass is 79.9. The highest BCUT2D eigenvalue weighted by molar-refractivity contribution is 9.11. The van der Waals surface area contributed by atoms with Gasteiger partial charge in [0.1, 0.15) is 5.75 Å². The van der Waals surface area contributed by atoms with Crippen molar-refractivity contribution in [2.45, 2.75) is 44.2 Å². The summed E-state index contributed by atoms with van der Waals surface area (Å²) in [5.41, 5.74) is 4.07. The van der Waals surface area contributed by atoms with Gasteiger partial charge < -0.3 is 19.9 Å². The van der Waals surface area contributed by atoms with E-state index >= 15 is 0 Å². The first-order valence-electron chi connectivity index (χ1n) is 14.6. The summed E-state index contributed by atoms with van der Waals surface area (Å²) in [6.45, 7) is 4.69. The summed E-state index contributed by atoms with van der Waals surface area (Å²) < 4.78 is 6.79. The van der Waals surface area contributed by atoms with Crippen LogP contribution >= 0.6 is 27.5 Å². The molecule has 1 amide bonds. The lowest BCUT2D eigenvalue weighted by molar-refractivity contribution is -0.134. The summed E-state index contributed by atoms with van der Waals surface area (Å²) in [4.78, 5) is 19.9. The van der Waals surface area contributed by atoms with Gasteiger partial charge in [0, 0.05) is 61.4 Å². The van der Waals surface area contributed by atoms with Gasteiger partial charge in [-0.25, -0.2) is 0 Å². The summed E-state index contributed by atoms with van der Waals surface area (Å²) >= 11 is 10.1. The number of likely N-dealkylation sites (tertiary alicyclic amines) is 1. The maximum atomic E-state index is 13.3. The van der Waals surface area contributed by atoms with Crippen molar-refractivity contribution >= 4 is 39.5 Å². The number of rotatable bonds is 4. The number of allylic oxidation sites excluding steroid dienone is 2. The summed E-state index contributed by atoms with van der Waals surface area (Å²) in [5, 5.41) is 12.8. The van der Waals surface area contributed by atoms with Gasteiger partial charge in [0.15, 0.2) is 0 Å². The molecule has 3 aliphatic heterocycles. The molecule has 9 heteroatoms. The van der Waals surface area contributed by atoms with Crippen molar-refractivity contribution in [3.63, 3.8) is 0 Å². The van der Waals surface area contributed by atoms with Crippen molar-refractivity contribution < 1.29 is 9.53 Å². The van der Waals surface area contributed by atoms with E-state index in [0.717, 1.165) is 74.5 Å². The summed E-state index contributed by atoms with van der Waals surface area (Å²) in [5.74, 6) is 1.29. The Morgan fingerprint density at radius 1 is 1.00 bits per heavy atom. The molecule has 7 nitrogen and oxygen atoms in total. The van der Waals surface area contributed by atoms with Crippen molar-refractivity contribution in [1.82, 2.24) is 20.0 Å². The Hall–Kier alpha value is -2.81. The molecule has 0 bridgehead atoms. The fourth-order valence-electron chi connectivity index (χ4n) is 6.68. The molecular weight excluding hydrogens is 602 g/mol. The van der Waals surface area contributed by atoms with E-state index in [0.29, 0.717) is 18.1 Å². The molecule has 216 valence electrons. The monoisotopic (exact) mass is 637 g/mol. The molecule has 41 heavy (non-hydrogen) atoms. The highest BCUT2D eigenvalue weighted by Gasteiger charge is 2.38. The van der Waals surface area contributed by atoms with Crippen molar-refractivity contribution in [1.29, 1.82) is 5.41 Å². The first-order valence-corrected chi connectivity index (χ1v) is 15.8. The molecule has 2 unspecified atom stereocenters. The number of benzene rings is 2. The molecule has 0 saturated carbocycles. The molecule has 0 radical (unpaired) electrons. The maximum absolute atomic E-state index is 13.3. The van der Waals surface area contributed by atoms with Gasteiger partial charge in [-0.1, -0.05) is 35.9 Å². The first kappa shape index (κ1) is 28.3. The number of nitrogens with zero attached hydrogens (tertiary/aromatic N) is 3. The minimum Gasteiger partial charge on any atom is -0.426 e. The van der Waals surface area contributed by atoms with Crippen LogP contribution < -0.4 is 10.1 Å². The Balaban J connectivity index is 1.04. The zero-order valence-corrected chi connectivity index (χ0v) is 25.5. The number of nitrogens with one attached hydrogen (secondary N) is 2. The van der Waals surface area contributed by atoms with Crippen LogP contribution in [0.25, 0.3) is 0 Å². The average molecular weight is 639 g/mol. The predicted octanol–water partition coefficient (Wildman–Crippen LogP) is 5.72. The predicted molar refractivity (Wildman–Crippen MR) is 166 cm³/mol. The number of amides is 1. The van der Waals surface area contributed by atoms with Crippen LogP contribution in [0.1, 0.15) is 42.9 Å². The Morgan fingerprint density at radius 3 is 2.51 bits per heavy atom. The highest BCUT2D eigenvalue weighted by Crippen LogP contribution is 2.39. The fraction of sp³-hybridized carbons (Fsp3) is 0.438. The fourth-order valence-corrected chi connectivity index (χ4v) is 7.30. The van der Waals surface area contributed by atoms with Crippen molar-refractivity contribution in [3.8, 4) is 5.75 Å². The third-order valence-corrected chi connectivity index (χ3v) is 9.62. The second-order valence-corrected chi connectivity index (χ2v) is 12.8. The molecule has 2 N–H and O–H groups in total. The lowest BCUT2D eigenvalue weighted by atomic mass is 9.90. The van der Waals surface area contributed by atoms with E-state index in [-0.39, 0.29) is 24.0 Å². The maximum Gasteiger partial charge on any atom is 0.289 e. The molecule has 3 heterocycles. The van der Waals surface area contributed by atoms with Gasteiger partial charge in [0.2, 0.25) is 5.91 Å². The van der Waals surface area contributed by atoms with Crippen LogP contribution in [0.2, 0.25) is 5.02 Å². The number of hydrogen-bond donors (Lipinski definition) is 2. The van der Waals surface area contributed by atoms with Gasteiger partial charge in [-0.05, 0) is 94.6 Å². The number of ether oxygens (including phenoxy) is 1. The van der Waals surface area contributed by atoms with E-state index in [1.165, 1.54) is 16.7 Å². The van der Waals surface area contributed by atoms with Crippen LogP contribution in [0.3, 0.4) is 0 Å². The van der Waals surface area contributed by atoms with Gasteiger partial charge in [-0.2, -0.15) is 0 Å². The molecule has 0 aromatic heterocycles. The molecule has 0 spiro atoms. The molecule has 6 rings (SSSR count). The standard InChI is InChI=1S/C32H37BrClN5O2/c33-25-19-24-7-6-23-20-26(34)8-9-28(23)31(30(24)36-21-25)38-16-14-37(15-17-38)29(40)18-22-10-12-39(13-11-22)32(35)41-27-4-2-1-3-5-27/h1-5,8-9,19-22,30-31,35-36H,6-7,10-18H2. The number of amidine groups is 1. The Kier molecular flexibility index (Phi) is 8.70. The number of fused-ring (bicyclic) bond motifs is 2. The number of dihydropyridines is 1. The summed E-state index contributed by atoms with van der Waals surface area (Å²) in [6, 6.07) is 16.4. The number of piperidine rings is 1. The van der Waals surface area contributed by atoms with E-state index in [2.05, 4.69) is 55.5 Å². The van der Waals surface area contributed by atoms with Gasteiger partial charge in [0.05, 0.1) is 12.1 Å². The number of carbonyl (C=O) groups excluding carboxylic acids is 1. The van der Waals surface area contributed by atoms with E-state index in [1.807, 2.05) is 41.3 Å². The minimum absolute atomic E-state index is 0.188. The topological polar surface area (TPSA) is 71.9 Å². The molecule has 2 saturated heterocycles. The third kappa shape index (κ3) is 6.50. The van der Waals surface area contributed by atoms with Gasteiger partial charge >= 0.3 is 0 Å². The Morgan fingerprint density at radius 2 is 1.76 bits per heavy atom. The normalized spacial score (nSPS) is 23.4. The molecule has 2 aromatic rings. The Bertz CT molecular complexity index is 1330. The van der Waals surface area contributed by atoms with E-state index in [1.54, 1.807) is 0 Å². The smallest absolute Gasteiger partial charge is 0.289 e. The van der Waals surface area contributed by atoms with Crippen LogP contribution in [0, 0.1) is 11.3 Å². The van der Waals surface area contributed by atoms with Gasteiger partial charge in [0.25, 0.3) is 6.02 Å². The first-order chi connectivity index (χ1) is 19.9. The van der Waals surface area contributed by atoms with Crippen LogP contribution in [0.4, 0.5) is 0 Å². The summed E-state index contributed by atoms with van der Waals surface area (Å²) in [6.07, 6.45) is 8.69. The van der Waals surface area contributed by atoms with Crippen LogP contribution in [-0.4, -0.2) is 71.9 Å². The Labute approximate surface area is 255 Å². The number of carbonyl (C=O) groups is 1. The molecule has 2 fully saturated rings. The SMILES string of the molecule is N=C(Oc1ccccc1)N1CCC(CC(=O)N2CCN(C3c4ccc(Cl)cc4CCC4=CC(Br)=CNC43)CC2)CC1. The number of hydrogen-bond acceptors (Lipinski definition) is 5. The van der Waals surface area contributed by atoms with Crippen LogP contribution in [0.5, 0.6) is 5.75 Å². The van der Waals surface area contributed by atoms with Gasteiger partial charge in [-0.3, -0.25) is 15.1 Å². The van der Waals surface area contributed by atoms with Crippen LogP contribution in [-0.2, 0) is 11.2 Å².